The van der Waals surface area contributed by atoms with E-state index in [1.54, 1.807) is 12.3 Å². The van der Waals surface area contributed by atoms with Crippen molar-refractivity contribution < 1.29 is 0 Å². The van der Waals surface area contributed by atoms with E-state index in [0.29, 0.717) is 11.2 Å². The number of H-pyrrole nitrogens is 1. The summed E-state index contributed by atoms with van der Waals surface area (Å²) in [5.74, 6) is 0. The van der Waals surface area contributed by atoms with Crippen LogP contribution >= 0.6 is 0 Å². The summed E-state index contributed by atoms with van der Waals surface area (Å²) in [6.45, 7) is 0. The average molecular weight is 185 g/mol. The number of rotatable bonds is 0. The Bertz CT molecular complexity index is 665. The number of nitrogens with one attached hydrogen (secondary N) is 1. The lowest BCUT2D eigenvalue weighted by atomic mass is 10.4. The Kier molecular flexibility index (Phi) is 1.28. The number of hydrogen-bond donors (Lipinski definition) is 1. The van der Waals surface area contributed by atoms with Crippen LogP contribution in [0.4, 0.5) is 0 Å². The summed E-state index contributed by atoms with van der Waals surface area (Å²) in [6, 6.07) is 7.40. The number of aromatic amines is 1. The first-order valence-corrected chi connectivity index (χ1v) is 4.30. The minimum Gasteiger partial charge on any atom is -0.309 e. The SMILES string of the molecule is O=c1[nH]c2ncccc2n2cccc12. The molecule has 4 heteroatoms. The van der Waals surface area contributed by atoms with Gasteiger partial charge in [0.2, 0.25) is 0 Å². The van der Waals surface area contributed by atoms with E-state index in [-0.39, 0.29) is 5.56 Å². The molecule has 0 aliphatic rings. The summed E-state index contributed by atoms with van der Waals surface area (Å²) < 4.78 is 1.83. The third kappa shape index (κ3) is 0.821. The Labute approximate surface area is 78.8 Å². The van der Waals surface area contributed by atoms with Crippen LogP contribution < -0.4 is 5.56 Å². The molecule has 0 saturated heterocycles. The zero-order valence-corrected chi connectivity index (χ0v) is 7.27. The molecule has 0 aliphatic heterocycles. The van der Waals surface area contributed by atoms with E-state index >= 15 is 0 Å². The lowest BCUT2D eigenvalue weighted by Crippen LogP contribution is -2.09. The maximum Gasteiger partial charge on any atom is 0.273 e. The van der Waals surface area contributed by atoms with Crippen molar-refractivity contribution in [2.24, 2.45) is 0 Å². The van der Waals surface area contributed by atoms with E-state index in [2.05, 4.69) is 9.97 Å². The second-order valence-electron chi connectivity index (χ2n) is 3.09. The van der Waals surface area contributed by atoms with Gasteiger partial charge in [0.15, 0.2) is 5.65 Å². The number of nitrogens with zero attached hydrogens (tertiary/aromatic N) is 2. The van der Waals surface area contributed by atoms with Gasteiger partial charge in [0.1, 0.15) is 5.52 Å². The van der Waals surface area contributed by atoms with E-state index in [4.69, 9.17) is 0 Å². The molecule has 0 bridgehead atoms. The molecule has 68 valence electrons. The second-order valence-corrected chi connectivity index (χ2v) is 3.09. The van der Waals surface area contributed by atoms with Crippen LogP contribution in [0.2, 0.25) is 0 Å². The molecule has 3 rings (SSSR count). The largest absolute Gasteiger partial charge is 0.309 e. The lowest BCUT2D eigenvalue weighted by molar-refractivity contribution is 1.15. The Morgan fingerprint density at radius 1 is 1.21 bits per heavy atom. The van der Waals surface area contributed by atoms with E-state index in [1.165, 1.54) is 0 Å². The van der Waals surface area contributed by atoms with E-state index in [9.17, 15) is 4.79 Å². The fraction of sp³-hybridized carbons (Fsp3) is 0. The molecule has 3 heterocycles. The topological polar surface area (TPSA) is 50.2 Å². The number of hydrogen-bond acceptors (Lipinski definition) is 2. The van der Waals surface area contributed by atoms with Crippen LogP contribution in [0.5, 0.6) is 0 Å². The first-order valence-electron chi connectivity index (χ1n) is 4.30. The van der Waals surface area contributed by atoms with Gasteiger partial charge < -0.3 is 9.38 Å². The molecule has 0 aromatic carbocycles. The van der Waals surface area contributed by atoms with E-state index < -0.39 is 0 Å². The first-order chi connectivity index (χ1) is 6.86. The standard InChI is InChI=1S/C10H7N3O/c14-10-8-4-2-6-13(8)7-3-1-5-11-9(7)12-10/h1-6H,(H,11,12,14). The highest BCUT2D eigenvalue weighted by Crippen LogP contribution is 2.09. The normalized spacial score (nSPS) is 11.1. The maximum atomic E-state index is 11.5. The minimum absolute atomic E-state index is 0.110. The third-order valence-electron chi connectivity index (χ3n) is 2.26. The number of pyridine rings is 1. The van der Waals surface area contributed by atoms with Crippen molar-refractivity contribution in [1.29, 1.82) is 0 Å². The molecule has 0 fully saturated rings. The molecule has 0 atom stereocenters. The minimum atomic E-state index is -0.110. The zero-order chi connectivity index (χ0) is 9.54. The first kappa shape index (κ1) is 7.32. The van der Waals surface area contributed by atoms with Crippen LogP contribution in [-0.2, 0) is 0 Å². The van der Waals surface area contributed by atoms with Crippen molar-refractivity contribution >= 4 is 16.7 Å². The van der Waals surface area contributed by atoms with Crippen molar-refractivity contribution in [3.63, 3.8) is 0 Å². The summed E-state index contributed by atoms with van der Waals surface area (Å²) in [5, 5.41) is 0. The highest BCUT2D eigenvalue weighted by atomic mass is 16.1. The Hall–Kier alpha value is -2.10. The molecule has 0 aliphatic carbocycles. The summed E-state index contributed by atoms with van der Waals surface area (Å²) in [4.78, 5) is 18.4. The van der Waals surface area contributed by atoms with Crippen molar-refractivity contribution in [1.82, 2.24) is 14.4 Å². The van der Waals surface area contributed by atoms with Gasteiger partial charge in [-0.05, 0) is 24.3 Å². The van der Waals surface area contributed by atoms with Crippen molar-refractivity contribution in [3.8, 4) is 0 Å². The molecule has 0 unspecified atom stereocenters. The third-order valence-corrected chi connectivity index (χ3v) is 2.26. The monoisotopic (exact) mass is 185 g/mol. The molecule has 0 saturated carbocycles. The van der Waals surface area contributed by atoms with Gasteiger partial charge in [-0.2, -0.15) is 0 Å². The molecular formula is C10H7N3O. The van der Waals surface area contributed by atoms with Gasteiger partial charge in [0, 0.05) is 12.4 Å². The zero-order valence-electron chi connectivity index (χ0n) is 7.27. The van der Waals surface area contributed by atoms with Crippen molar-refractivity contribution in [3.05, 3.63) is 47.0 Å². The van der Waals surface area contributed by atoms with Gasteiger partial charge >= 0.3 is 0 Å². The van der Waals surface area contributed by atoms with Gasteiger partial charge in [-0.25, -0.2) is 4.98 Å². The van der Waals surface area contributed by atoms with Gasteiger partial charge in [-0.3, -0.25) is 4.79 Å². The van der Waals surface area contributed by atoms with Gasteiger partial charge in [-0.1, -0.05) is 0 Å². The Morgan fingerprint density at radius 2 is 2.07 bits per heavy atom. The molecular weight excluding hydrogens is 178 g/mol. The van der Waals surface area contributed by atoms with Crippen molar-refractivity contribution in [2.45, 2.75) is 0 Å². The molecule has 3 aromatic heterocycles. The molecule has 0 radical (unpaired) electrons. The molecule has 0 amide bonds. The molecule has 0 spiro atoms. The molecule has 1 N–H and O–H groups in total. The quantitative estimate of drug-likeness (QED) is 0.571. The number of fused-ring (bicyclic) bond motifs is 3. The average Bonchev–Trinajstić information content (AvgIpc) is 2.67. The summed E-state index contributed by atoms with van der Waals surface area (Å²) in [6.07, 6.45) is 3.52. The van der Waals surface area contributed by atoms with Crippen LogP contribution in [-0.4, -0.2) is 14.4 Å². The Balaban J connectivity index is 2.73. The summed E-state index contributed by atoms with van der Waals surface area (Å²) in [7, 11) is 0. The van der Waals surface area contributed by atoms with Crippen LogP contribution in [0.25, 0.3) is 16.7 Å². The van der Waals surface area contributed by atoms with Gasteiger partial charge in [0.25, 0.3) is 5.56 Å². The number of aromatic nitrogens is 3. The summed E-state index contributed by atoms with van der Waals surface area (Å²) in [5.41, 5.74) is 2.06. The van der Waals surface area contributed by atoms with Crippen LogP contribution in [0.3, 0.4) is 0 Å². The predicted molar refractivity (Wildman–Crippen MR) is 53.3 cm³/mol. The Morgan fingerprint density at radius 3 is 3.00 bits per heavy atom. The van der Waals surface area contributed by atoms with E-state index in [0.717, 1.165) is 5.52 Å². The fourth-order valence-electron chi connectivity index (χ4n) is 1.64. The molecule has 4 nitrogen and oxygen atoms in total. The van der Waals surface area contributed by atoms with Crippen LogP contribution in [0, 0.1) is 0 Å². The molecule has 14 heavy (non-hydrogen) atoms. The maximum absolute atomic E-state index is 11.5. The fourth-order valence-corrected chi connectivity index (χ4v) is 1.64. The second kappa shape index (κ2) is 2.45. The lowest BCUT2D eigenvalue weighted by Gasteiger charge is -1.99. The predicted octanol–water partition coefficient (Wildman–Crippen LogP) is 1.18. The van der Waals surface area contributed by atoms with Gasteiger partial charge in [-0.15, -0.1) is 0 Å². The van der Waals surface area contributed by atoms with Crippen LogP contribution in [0.15, 0.2) is 41.5 Å². The van der Waals surface area contributed by atoms with Crippen molar-refractivity contribution in [2.75, 3.05) is 0 Å². The van der Waals surface area contributed by atoms with Gasteiger partial charge in [0.05, 0.1) is 5.52 Å². The highest BCUT2D eigenvalue weighted by Gasteiger charge is 2.02. The highest BCUT2D eigenvalue weighted by molar-refractivity contribution is 5.74. The van der Waals surface area contributed by atoms with Crippen LogP contribution in [0.1, 0.15) is 0 Å². The molecule has 3 aromatic rings. The van der Waals surface area contributed by atoms with E-state index in [1.807, 2.05) is 28.8 Å². The summed E-state index contributed by atoms with van der Waals surface area (Å²) >= 11 is 0. The smallest absolute Gasteiger partial charge is 0.273 e.